The molecule has 0 amide bonds. The van der Waals surface area contributed by atoms with Crippen molar-refractivity contribution in [3.8, 4) is 0 Å². The minimum atomic E-state index is -0.0715. The molecule has 20 heavy (non-hydrogen) atoms. The van der Waals surface area contributed by atoms with Gasteiger partial charge in [-0.15, -0.1) is 11.3 Å². The van der Waals surface area contributed by atoms with Gasteiger partial charge in [-0.3, -0.25) is 0 Å². The number of thioether (sulfide) groups is 1. The maximum absolute atomic E-state index is 6.04. The first-order valence-electron chi connectivity index (χ1n) is 6.78. The minimum Gasteiger partial charge on any atom is -0.369 e. The lowest BCUT2D eigenvalue weighted by molar-refractivity contribution is -0.468. The Bertz CT molecular complexity index is 557. The van der Waals surface area contributed by atoms with Gasteiger partial charge < -0.3 is 10.1 Å². The smallest absolute Gasteiger partial charge is 0.298 e. The quantitative estimate of drug-likeness (QED) is 0.468. The molecule has 5 N–H and O–H groups in total. The number of hydrogen-bond acceptors (Lipinski definition) is 6. The third-order valence-corrected chi connectivity index (χ3v) is 5.95. The summed E-state index contributed by atoms with van der Waals surface area (Å²) in [5.74, 6) is 6.63. The Morgan fingerprint density at radius 2 is 2.45 bits per heavy atom. The van der Waals surface area contributed by atoms with Gasteiger partial charge >= 0.3 is 0 Å². The number of hydrogen-bond donors (Lipinski definition) is 4. The van der Waals surface area contributed by atoms with E-state index in [4.69, 9.17) is 10.6 Å². The summed E-state index contributed by atoms with van der Waals surface area (Å²) in [6.07, 6.45) is 4.01. The van der Waals surface area contributed by atoms with Gasteiger partial charge in [0.1, 0.15) is 10.6 Å². The van der Waals surface area contributed by atoms with Gasteiger partial charge in [-0.1, -0.05) is 18.7 Å². The van der Waals surface area contributed by atoms with Crippen molar-refractivity contribution in [2.75, 3.05) is 11.6 Å². The summed E-state index contributed by atoms with van der Waals surface area (Å²) in [7, 11) is 0. The van der Waals surface area contributed by atoms with Crippen molar-refractivity contribution >= 4 is 33.9 Å². The van der Waals surface area contributed by atoms with Gasteiger partial charge in [0.25, 0.3) is 5.84 Å². The van der Waals surface area contributed by atoms with Crippen LogP contribution in [0.15, 0.2) is 0 Å². The molecule has 0 fully saturated rings. The molecule has 0 aliphatic carbocycles. The van der Waals surface area contributed by atoms with Crippen LogP contribution in [0.25, 0.3) is 0 Å². The van der Waals surface area contributed by atoms with Crippen molar-refractivity contribution in [1.29, 1.82) is 0 Å². The number of nitrogens with two attached hydrogens (primary N) is 1. The fourth-order valence-electron chi connectivity index (χ4n) is 2.66. The molecule has 2 atom stereocenters. The van der Waals surface area contributed by atoms with Gasteiger partial charge in [0, 0.05) is 11.3 Å². The lowest BCUT2D eigenvalue weighted by Gasteiger charge is -2.33. The first kappa shape index (κ1) is 14.2. The fourth-order valence-corrected chi connectivity index (χ4v) is 4.38. The zero-order chi connectivity index (χ0) is 14.3. The molecular weight excluding hydrogens is 292 g/mol. The Morgan fingerprint density at radius 3 is 3.10 bits per heavy atom. The van der Waals surface area contributed by atoms with Crippen LogP contribution in [0, 0.1) is 0 Å². The Balaban J connectivity index is 2.05. The Labute approximate surface area is 127 Å². The molecule has 0 aromatic carbocycles. The second-order valence-electron chi connectivity index (χ2n) is 5.40. The number of fused-ring (bicyclic) bond motifs is 3. The average Bonchev–Trinajstić information content (AvgIpc) is 2.83. The number of hydrazine groups is 1. The molecule has 0 saturated carbocycles. The van der Waals surface area contributed by atoms with Gasteiger partial charge in [0.2, 0.25) is 5.50 Å². The van der Waals surface area contributed by atoms with Gasteiger partial charge in [0.05, 0.1) is 12.2 Å². The van der Waals surface area contributed by atoms with E-state index in [2.05, 4.69) is 35.8 Å². The second kappa shape index (κ2) is 5.22. The number of nitrogens with one attached hydrogen (secondary N) is 3. The molecule has 0 unspecified atom stereocenters. The first-order chi connectivity index (χ1) is 9.60. The Hall–Kier alpha value is -0.760. The van der Waals surface area contributed by atoms with Gasteiger partial charge in [-0.05, 0) is 25.2 Å². The summed E-state index contributed by atoms with van der Waals surface area (Å²) in [6, 6.07) is 0. The van der Waals surface area contributed by atoms with Crippen LogP contribution in [0.4, 0.5) is 5.00 Å². The molecule has 5 nitrogen and oxygen atoms in total. The highest BCUT2D eigenvalue weighted by molar-refractivity contribution is 7.99. The monoisotopic (exact) mass is 313 g/mol. The predicted octanol–water partition coefficient (Wildman–Crippen LogP) is 0.352. The summed E-state index contributed by atoms with van der Waals surface area (Å²) in [5.41, 5.74) is 5.46. The van der Waals surface area contributed by atoms with Crippen LogP contribution >= 0.6 is 23.1 Å². The Kier molecular flexibility index (Phi) is 3.70. The molecule has 0 radical (unpaired) electrons. The molecule has 7 heteroatoms. The van der Waals surface area contributed by atoms with Crippen LogP contribution in [0.3, 0.4) is 0 Å². The normalized spacial score (nSPS) is 28.2. The van der Waals surface area contributed by atoms with E-state index in [-0.39, 0.29) is 11.1 Å². The molecule has 0 spiro atoms. The van der Waals surface area contributed by atoms with Crippen molar-refractivity contribution in [2.24, 2.45) is 5.84 Å². The van der Waals surface area contributed by atoms with E-state index in [0.717, 1.165) is 18.7 Å². The van der Waals surface area contributed by atoms with E-state index in [9.17, 15) is 0 Å². The molecule has 1 aromatic rings. The third kappa shape index (κ3) is 2.22. The SMILES string of the molecule is CC[C@]1(C)Cc2c(sc3c2C(NN)=[NH+][C@H](SC)N3)CO1. The van der Waals surface area contributed by atoms with Crippen molar-refractivity contribution in [1.82, 2.24) is 5.43 Å². The molecule has 3 rings (SSSR count). The van der Waals surface area contributed by atoms with E-state index in [1.54, 1.807) is 23.1 Å². The standard InChI is InChI=1S/C13H20N4OS2/c1-4-13(2)5-7-8(6-18-13)20-11-9(7)10(17-14)15-12(16-11)19-3/h12,16H,4-6,14H2,1-3H3,(H,15,17)/p+1/t12-,13+/m0/s1. The summed E-state index contributed by atoms with van der Waals surface area (Å²) in [6.45, 7) is 5.06. The highest BCUT2D eigenvalue weighted by atomic mass is 32.2. The highest BCUT2D eigenvalue weighted by Gasteiger charge is 2.38. The maximum Gasteiger partial charge on any atom is 0.298 e. The molecule has 110 valence electrons. The number of ether oxygens (including phenoxy) is 1. The van der Waals surface area contributed by atoms with Crippen molar-refractivity contribution < 1.29 is 9.73 Å². The van der Waals surface area contributed by atoms with Crippen molar-refractivity contribution in [3.63, 3.8) is 0 Å². The molecule has 2 aliphatic rings. The molecule has 1 aromatic heterocycles. The number of thiophene rings is 1. The molecule has 0 bridgehead atoms. The second-order valence-corrected chi connectivity index (χ2v) is 7.45. The van der Waals surface area contributed by atoms with E-state index in [0.29, 0.717) is 6.61 Å². The largest absolute Gasteiger partial charge is 0.369 e. The van der Waals surface area contributed by atoms with Gasteiger partial charge in [-0.25, -0.2) is 4.99 Å². The maximum atomic E-state index is 6.04. The predicted molar refractivity (Wildman–Crippen MR) is 84.8 cm³/mol. The molecular formula is C13H21N4OS2+. The number of rotatable bonds is 2. The lowest BCUT2D eigenvalue weighted by Crippen LogP contribution is -2.85. The summed E-state index contributed by atoms with van der Waals surface area (Å²) in [5, 5.41) is 4.70. The van der Waals surface area contributed by atoms with Crippen LogP contribution in [-0.2, 0) is 17.8 Å². The average molecular weight is 313 g/mol. The van der Waals surface area contributed by atoms with E-state index in [1.165, 1.54) is 21.0 Å². The lowest BCUT2D eigenvalue weighted by atomic mass is 9.89. The summed E-state index contributed by atoms with van der Waals surface area (Å²) < 4.78 is 6.04. The molecule has 0 saturated heterocycles. The fraction of sp³-hybridized carbons (Fsp3) is 0.615. The topological polar surface area (TPSA) is 73.3 Å². The highest BCUT2D eigenvalue weighted by Crippen LogP contribution is 2.41. The zero-order valence-electron chi connectivity index (χ0n) is 12.0. The summed E-state index contributed by atoms with van der Waals surface area (Å²) in [4.78, 5) is 4.70. The Morgan fingerprint density at radius 1 is 1.65 bits per heavy atom. The van der Waals surface area contributed by atoms with Gasteiger partial charge in [-0.2, -0.15) is 11.3 Å². The van der Waals surface area contributed by atoms with Crippen LogP contribution in [0.1, 0.15) is 36.3 Å². The van der Waals surface area contributed by atoms with Crippen LogP contribution < -0.4 is 21.6 Å². The van der Waals surface area contributed by atoms with Crippen LogP contribution in [0.2, 0.25) is 0 Å². The van der Waals surface area contributed by atoms with Crippen molar-refractivity contribution in [2.45, 2.75) is 44.4 Å². The number of amidine groups is 1. The molecule has 3 heterocycles. The van der Waals surface area contributed by atoms with E-state index < -0.39 is 0 Å². The van der Waals surface area contributed by atoms with E-state index >= 15 is 0 Å². The van der Waals surface area contributed by atoms with Crippen molar-refractivity contribution in [3.05, 3.63) is 16.0 Å². The minimum absolute atomic E-state index is 0.0715. The van der Waals surface area contributed by atoms with E-state index in [1.807, 2.05) is 0 Å². The molecule has 2 aliphatic heterocycles. The zero-order valence-corrected chi connectivity index (χ0v) is 13.6. The van der Waals surface area contributed by atoms with Crippen LogP contribution in [-0.4, -0.2) is 23.2 Å². The van der Waals surface area contributed by atoms with Crippen LogP contribution in [0.5, 0.6) is 0 Å². The van der Waals surface area contributed by atoms with Gasteiger partial charge in [0.15, 0.2) is 0 Å². The first-order valence-corrected chi connectivity index (χ1v) is 8.89. The summed E-state index contributed by atoms with van der Waals surface area (Å²) >= 11 is 3.50. The number of anilines is 1. The third-order valence-electron chi connectivity index (χ3n) is 4.11.